The fourth-order valence-electron chi connectivity index (χ4n) is 4.65. The molecular weight excluding hydrogens is 438 g/mol. The number of aromatic hydroxyl groups is 1. The highest BCUT2D eigenvalue weighted by molar-refractivity contribution is 6.30. The van der Waals surface area contributed by atoms with E-state index < -0.39 is 11.9 Å². The van der Waals surface area contributed by atoms with Gasteiger partial charge in [-0.05, 0) is 68.0 Å². The summed E-state index contributed by atoms with van der Waals surface area (Å²) in [6.07, 6.45) is 1.43. The number of carbonyl (C=O) groups is 2. The Morgan fingerprint density at radius 1 is 1.18 bits per heavy atom. The predicted octanol–water partition coefficient (Wildman–Crippen LogP) is 5.75. The topological polar surface area (TPSA) is 75.6 Å². The van der Waals surface area contributed by atoms with E-state index in [2.05, 4.69) is 5.32 Å². The Bertz CT molecular complexity index is 1150. The van der Waals surface area contributed by atoms with E-state index in [0.717, 1.165) is 11.3 Å². The van der Waals surface area contributed by atoms with E-state index in [4.69, 9.17) is 16.3 Å². The molecule has 4 rings (SSSR count). The molecule has 2 aromatic carbocycles. The summed E-state index contributed by atoms with van der Waals surface area (Å²) in [6, 6.07) is 14.3. The van der Waals surface area contributed by atoms with Gasteiger partial charge in [0.05, 0.1) is 11.7 Å². The van der Waals surface area contributed by atoms with Gasteiger partial charge in [-0.3, -0.25) is 4.79 Å². The molecule has 6 heteroatoms. The quantitative estimate of drug-likeness (QED) is 0.550. The Morgan fingerprint density at radius 3 is 2.58 bits per heavy atom. The van der Waals surface area contributed by atoms with Crippen LogP contribution in [0.5, 0.6) is 5.75 Å². The summed E-state index contributed by atoms with van der Waals surface area (Å²) in [5, 5.41) is 14.1. The molecule has 0 aromatic heterocycles. The molecule has 2 aliphatic rings. The average molecular weight is 466 g/mol. The second-order valence-corrected chi connectivity index (χ2v) is 9.22. The number of nitrogens with one attached hydrogen (secondary N) is 1. The van der Waals surface area contributed by atoms with Crippen LogP contribution >= 0.6 is 11.6 Å². The monoisotopic (exact) mass is 465 g/mol. The fraction of sp³-hybridized carbons (Fsp3) is 0.333. The van der Waals surface area contributed by atoms with Crippen molar-refractivity contribution in [1.29, 1.82) is 0 Å². The number of allylic oxidation sites excluding steroid dienone is 3. The van der Waals surface area contributed by atoms with Crippen LogP contribution in [0.1, 0.15) is 63.0 Å². The van der Waals surface area contributed by atoms with E-state index in [1.54, 1.807) is 18.2 Å². The van der Waals surface area contributed by atoms with Crippen molar-refractivity contribution in [2.24, 2.45) is 0 Å². The second kappa shape index (κ2) is 9.44. The van der Waals surface area contributed by atoms with Crippen LogP contribution in [0, 0.1) is 0 Å². The highest BCUT2D eigenvalue weighted by atomic mass is 35.5. The lowest BCUT2D eigenvalue weighted by atomic mass is 9.71. The third-order valence-electron chi connectivity index (χ3n) is 6.48. The molecule has 0 bridgehead atoms. The zero-order valence-electron chi connectivity index (χ0n) is 19.0. The summed E-state index contributed by atoms with van der Waals surface area (Å²) >= 11 is 6.04. The summed E-state index contributed by atoms with van der Waals surface area (Å²) in [5.41, 5.74) is 4.22. The Kier molecular flexibility index (Phi) is 6.61. The summed E-state index contributed by atoms with van der Waals surface area (Å²) in [4.78, 5) is 26.8. The molecule has 3 atom stereocenters. The lowest BCUT2D eigenvalue weighted by molar-refractivity contribution is -0.144. The molecule has 0 unspecified atom stereocenters. The average Bonchev–Trinajstić information content (AvgIpc) is 2.78. The number of phenols is 1. The first-order chi connectivity index (χ1) is 15.8. The number of halogens is 1. The van der Waals surface area contributed by atoms with E-state index in [1.165, 1.54) is 0 Å². The van der Waals surface area contributed by atoms with E-state index >= 15 is 0 Å². The van der Waals surface area contributed by atoms with Gasteiger partial charge in [0, 0.05) is 34.3 Å². The van der Waals surface area contributed by atoms with Crippen LogP contribution in [-0.2, 0) is 14.3 Å². The molecule has 2 N–H and O–H groups in total. The van der Waals surface area contributed by atoms with Gasteiger partial charge in [-0.2, -0.15) is 0 Å². The minimum Gasteiger partial charge on any atom is -0.508 e. The molecule has 172 valence electrons. The number of hydrogen-bond acceptors (Lipinski definition) is 5. The molecule has 1 heterocycles. The molecule has 0 fully saturated rings. The van der Waals surface area contributed by atoms with Gasteiger partial charge in [0.25, 0.3) is 0 Å². The maximum absolute atomic E-state index is 13.5. The highest BCUT2D eigenvalue weighted by Gasteiger charge is 2.41. The minimum atomic E-state index is -0.594. The molecular formula is C27H28ClNO4. The van der Waals surface area contributed by atoms with Crippen LogP contribution in [0.4, 0.5) is 0 Å². The maximum atomic E-state index is 13.5. The Balaban J connectivity index is 1.78. The maximum Gasteiger partial charge on any atom is 0.337 e. The summed E-state index contributed by atoms with van der Waals surface area (Å²) in [7, 11) is 0. The minimum absolute atomic E-state index is 0.0154. The second-order valence-electron chi connectivity index (χ2n) is 8.79. The zero-order valence-corrected chi connectivity index (χ0v) is 19.8. The fourth-order valence-corrected chi connectivity index (χ4v) is 4.77. The van der Waals surface area contributed by atoms with Crippen molar-refractivity contribution in [1.82, 2.24) is 5.32 Å². The molecule has 5 nitrogen and oxygen atoms in total. The first-order valence-electron chi connectivity index (χ1n) is 11.3. The number of Topliss-reactive ketones (excluding diaryl/α,β-unsaturated/α-hetero) is 1. The standard InChI is InChI=1S/C27H28ClNO4/c1-4-15(2)33-27(32)24-16(3)29-22-13-19(17-8-10-20(28)11-9-17)14-23(31)26(22)25(24)18-6-5-7-21(30)12-18/h5-12,15,19,25,29-30H,4,13-14H2,1-3H3/t15-,19+,25+/m0/s1. The van der Waals surface area contributed by atoms with Crippen molar-refractivity contribution < 1.29 is 19.4 Å². The van der Waals surface area contributed by atoms with Crippen molar-refractivity contribution in [2.45, 2.75) is 58.0 Å². The van der Waals surface area contributed by atoms with Gasteiger partial charge < -0.3 is 15.2 Å². The number of esters is 1. The zero-order chi connectivity index (χ0) is 23.7. The van der Waals surface area contributed by atoms with Crippen LogP contribution in [0.25, 0.3) is 0 Å². The first-order valence-corrected chi connectivity index (χ1v) is 11.7. The largest absolute Gasteiger partial charge is 0.508 e. The van der Waals surface area contributed by atoms with Crippen molar-refractivity contribution >= 4 is 23.4 Å². The highest BCUT2D eigenvalue weighted by Crippen LogP contribution is 2.46. The number of ether oxygens (including phenoxy) is 1. The van der Waals surface area contributed by atoms with Crippen LogP contribution in [-0.4, -0.2) is 23.0 Å². The third-order valence-corrected chi connectivity index (χ3v) is 6.73. The summed E-state index contributed by atoms with van der Waals surface area (Å²) < 4.78 is 5.66. The van der Waals surface area contributed by atoms with Crippen LogP contribution in [0.3, 0.4) is 0 Å². The third kappa shape index (κ3) is 4.69. The molecule has 0 amide bonds. The molecule has 1 aliphatic carbocycles. The van der Waals surface area contributed by atoms with E-state index in [1.807, 2.05) is 51.1 Å². The molecule has 1 aliphatic heterocycles. The van der Waals surface area contributed by atoms with Gasteiger partial charge >= 0.3 is 5.97 Å². The molecule has 0 spiro atoms. The first kappa shape index (κ1) is 23.1. The Morgan fingerprint density at radius 2 is 1.91 bits per heavy atom. The number of rotatable bonds is 5. The van der Waals surface area contributed by atoms with Crippen LogP contribution in [0.15, 0.2) is 71.1 Å². The predicted molar refractivity (Wildman–Crippen MR) is 128 cm³/mol. The number of ketones is 1. The smallest absolute Gasteiger partial charge is 0.337 e. The molecule has 0 saturated heterocycles. The summed E-state index contributed by atoms with van der Waals surface area (Å²) in [6.45, 7) is 5.64. The number of phenolic OH excluding ortho intramolecular Hbond substituents is 1. The van der Waals surface area contributed by atoms with Gasteiger partial charge in [-0.1, -0.05) is 42.8 Å². The molecule has 0 radical (unpaired) electrons. The molecule has 0 saturated carbocycles. The van der Waals surface area contributed by atoms with Gasteiger partial charge in [0.15, 0.2) is 5.78 Å². The SMILES string of the molecule is CC[C@H](C)OC(=O)C1=C(C)NC2=C(C(=O)C[C@H](c3ccc(Cl)cc3)C2)[C@@H]1c1cccc(O)c1. The Labute approximate surface area is 199 Å². The van der Waals surface area contributed by atoms with Gasteiger partial charge in [-0.25, -0.2) is 4.79 Å². The molecule has 2 aromatic rings. The van der Waals surface area contributed by atoms with Gasteiger partial charge in [0.1, 0.15) is 5.75 Å². The Hall–Kier alpha value is -3.05. The number of carbonyl (C=O) groups excluding carboxylic acids is 2. The van der Waals surface area contributed by atoms with Crippen molar-refractivity contribution in [3.63, 3.8) is 0 Å². The lowest BCUT2D eigenvalue weighted by Gasteiger charge is -2.37. The lowest BCUT2D eigenvalue weighted by Crippen LogP contribution is -2.36. The number of dihydropyridines is 1. The van der Waals surface area contributed by atoms with Crippen LogP contribution in [0.2, 0.25) is 5.02 Å². The van der Waals surface area contributed by atoms with Crippen LogP contribution < -0.4 is 5.32 Å². The van der Waals surface area contributed by atoms with Crippen molar-refractivity contribution in [3.8, 4) is 5.75 Å². The molecule has 33 heavy (non-hydrogen) atoms. The van der Waals surface area contributed by atoms with E-state index in [0.29, 0.717) is 46.7 Å². The van der Waals surface area contributed by atoms with E-state index in [-0.39, 0.29) is 23.6 Å². The normalized spacial score (nSPS) is 21.4. The van der Waals surface area contributed by atoms with Crippen molar-refractivity contribution in [2.75, 3.05) is 0 Å². The van der Waals surface area contributed by atoms with Gasteiger partial charge in [0.2, 0.25) is 0 Å². The number of benzene rings is 2. The van der Waals surface area contributed by atoms with Crippen molar-refractivity contribution in [3.05, 3.63) is 87.2 Å². The van der Waals surface area contributed by atoms with E-state index in [9.17, 15) is 14.7 Å². The number of hydrogen-bond donors (Lipinski definition) is 2. The van der Waals surface area contributed by atoms with Gasteiger partial charge in [-0.15, -0.1) is 0 Å². The summed E-state index contributed by atoms with van der Waals surface area (Å²) in [5.74, 6) is -0.945.